The molecule has 0 aliphatic carbocycles. The van der Waals surface area contributed by atoms with E-state index in [2.05, 4.69) is 20.6 Å². The van der Waals surface area contributed by atoms with Crippen LogP contribution in [-0.4, -0.2) is 33.4 Å². The third-order valence-corrected chi connectivity index (χ3v) is 4.32. The van der Waals surface area contributed by atoms with Crippen LogP contribution in [0.1, 0.15) is 28.4 Å². The molecule has 0 aliphatic heterocycles. The first-order valence-corrected chi connectivity index (χ1v) is 8.98. The maximum absolute atomic E-state index is 12.3. The Kier molecular flexibility index (Phi) is 6.16. The number of carbonyl (C=O) groups excluding carboxylic acids is 1. The number of nitrogens with two attached hydrogens (primary N) is 1. The predicted molar refractivity (Wildman–Crippen MR) is 112 cm³/mol. The number of rotatable bonds is 6. The Bertz CT molecular complexity index is 1020. The molecule has 1 unspecified atom stereocenters. The minimum absolute atomic E-state index is 0.223. The molecule has 8 heteroatoms. The molecule has 6 N–H and O–H groups in total. The summed E-state index contributed by atoms with van der Waals surface area (Å²) < 4.78 is 0. The second-order valence-corrected chi connectivity index (χ2v) is 6.46. The molecule has 0 spiro atoms. The number of nitrogens with zero attached hydrogens (tertiary/aromatic N) is 2. The summed E-state index contributed by atoms with van der Waals surface area (Å²) in [7, 11) is 0. The van der Waals surface area contributed by atoms with Gasteiger partial charge in [0.1, 0.15) is 5.82 Å². The minimum atomic E-state index is -0.545. The van der Waals surface area contributed by atoms with Crippen LogP contribution in [0.3, 0.4) is 0 Å². The van der Waals surface area contributed by atoms with Crippen molar-refractivity contribution in [1.82, 2.24) is 15.3 Å². The largest absolute Gasteiger partial charge is 0.398 e. The molecule has 0 aliphatic rings. The first-order chi connectivity index (χ1) is 14.0. The van der Waals surface area contributed by atoms with Gasteiger partial charge in [-0.05, 0) is 24.6 Å². The number of nitrogen functional groups attached to an aromatic ring is 1. The highest BCUT2D eigenvalue weighted by Crippen LogP contribution is 2.19. The Morgan fingerprint density at radius 1 is 1.21 bits per heavy atom. The average molecular weight is 390 g/mol. The minimum Gasteiger partial charge on any atom is -0.398 e. The zero-order valence-corrected chi connectivity index (χ0v) is 15.9. The van der Waals surface area contributed by atoms with Crippen LogP contribution in [0.2, 0.25) is 0 Å². The molecule has 0 radical (unpaired) electrons. The van der Waals surface area contributed by atoms with Gasteiger partial charge in [-0.15, -0.1) is 0 Å². The molecular formula is C21H22N6O2. The first kappa shape index (κ1) is 20.0. The number of aryl methyl sites for hydroxylation is 1. The molecule has 0 saturated heterocycles. The molecule has 3 aromatic rings. The molecule has 3 rings (SSSR count). The van der Waals surface area contributed by atoms with E-state index < -0.39 is 12.1 Å². The van der Waals surface area contributed by atoms with Crippen molar-refractivity contribution in [2.24, 2.45) is 0 Å². The number of aromatic nitrogens is 2. The average Bonchev–Trinajstić information content (AvgIpc) is 2.72. The lowest BCUT2D eigenvalue weighted by Gasteiger charge is -2.17. The monoisotopic (exact) mass is 390 g/mol. The van der Waals surface area contributed by atoms with Crippen LogP contribution in [0, 0.1) is 12.3 Å². The molecule has 2 heterocycles. The summed E-state index contributed by atoms with van der Waals surface area (Å²) in [6.07, 6.45) is 3.08. The zero-order valence-electron chi connectivity index (χ0n) is 15.9. The number of benzene rings is 1. The predicted octanol–water partition coefficient (Wildman–Crippen LogP) is 2.64. The summed E-state index contributed by atoms with van der Waals surface area (Å²) in [4.78, 5) is 20.6. The van der Waals surface area contributed by atoms with Gasteiger partial charge in [-0.2, -0.15) is 0 Å². The Labute approximate surface area is 168 Å². The number of pyridine rings is 2. The van der Waals surface area contributed by atoms with Crippen LogP contribution in [-0.2, 0) is 0 Å². The summed E-state index contributed by atoms with van der Waals surface area (Å²) >= 11 is 0. The van der Waals surface area contributed by atoms with Gasteiger partial charge in [-0.3, -0.25) is 15.7 Å². The number of urea groups is 1. The normalized spacial score (nSPS) is 11.5. The first-order valence-electron chi connectivity index (χ1n) is 8.98. The summed E-state index contributed by atoms with van der Waals surface area (Å²) in [5, 5.41) is 23.2. The molecule has 1 atom stereocenters. The lowest BCUT2D eigenvalue weighted by molar-refractivity contribution is 0.225. The lowest BCUT2D eigenvalue weighted by Crippen LogP contribution is -2.34. The second-order valence-electron chi connectivity index (χ2n) is 6.46. The smallest absolute Gasteiger partial charge is 0.320 e. The SMILES string of the molecule is Cc1cc(C(=N)c2cnc(NC(=O)NC(CO)c3ccccc3)cc2N)ccn1. The number of hydrogen-bond donors (Lipinski definition) is 5. The van der Waals surface area contributed by atoms with Gasteiger partial charge < -0.3 is 16.2 Å². The van der Waals surface area contributed by atoms with Crippen LogP contribution < -0.4 is 16.4 Å². The number of amides is 2. The summed E-state index contributed by atoms with van der Waals surface area (Å²) in [5.74, 6) is 0.243. The fourth-order valence-electron chi connectivity index (χ4n) is 2.84. The zero-order chi connectivity index (χ0) is 20.8. The van der Waals surface area contributed by atoms with E-state index in [1.807, 2.05) is 37.3 Å². The van der Waals surface area contributed by atoms with Gasteiger partial charge in [0.2, 0.25) is 0 Å². The fraction of sp³-hybridized carbons (Fsp3) is 0.143. The molecule has 2 amide bonds. The van der Waals surface area contributed by atoms with Crippen molar-refractivity contribution < 1.29 is 9.90 Å². The summed E-state index contributed by atoms with van der Waals surface area (Å²) in [5.41, 5.74) is 9.34. The molecule has 8 nitrogen and oxygen atoms in total. The number of nitrogens with one attached hydrogen (secondary N) is 3. The number of carbonyl (C=O) groups is 1. The molecule has 0 fully saturated rings. The molecule has 0 bridgehead atoms. The van der Waals surface area contributed by atoms with Gasteiger partial charge in [-0.1, -0.05) is 30.3 Å². The van der Waals surface area contributed by atoms with Crippen molar-refractivity contribution in [3.05, 3.63) is 83.3 Å². The topological polar surface area (TPSA) is 137 Å². The molecule has 0 saturated carbocycles. The van der Waals surface area contributed by atoms with E-state index in [-0.39, 0.29) is 18.1 Å². The van der Waals surface area contributed by atoms with Crippen LogP contribution in [0.15, 0.2) is 60.9 Å². The van der Waals surface area contributed by atoms with Gasteiger partial charge in [0.25, 0.3) is 0 Å². The maximum atomic E-state index is 12.3. The van der Waals surface area contributed by atoms with Crippen molar-refractivity contribution in [2.75, 3.05) is 17.7 Å². The van der Waals surface area contributed by atoms with Gasteiger partial charge in [0.05, 0.1) is 18.4 Å². The van der Waals surface area contributed by atoms with Gasteiger partial charge in [0, 0.05) is 41.0 Å². The molecule has 1 aromatic carbocycles. The van der Waals surface area contributed by atoms with Crippen LogP contribution >= 0.6 is 0 Å². The molecule has 2 aromatic heterocycles. The second kappa shape index (κ2) is 8.94. The third kappa shape index (κ3) is 4.94. The van der Waals surface area contributed by atoms with Gasteiger partial charge in [0.15, 0.2) is 0 Å². The Morgan fingerprint density at radius 3 is 2.62 bits per heavy atom. The lowest BCUT2D eigenvalue weighted by atomic mass is 10.0. The van der Waals surface area contributed by atoms with E-state index in [4.69, 9.17) is 11.1 Å². The van der Waals surface area contributed by atoms with Crippen molar-refractivity contribution >= 4 is 23.2 Å². The summed E-state index contributed by atoms with van der Waals surface area (Å²) in [6, 6.07) is 13.1. The van der Waals surface area contributed by atoms with Crippen LogP contribution in [0.4, 0.5) is 16.3 Å². The van der Waals surface area contributed by atoms with Crippen LogP contribution in [0.25, 0.3) is 0 Å². The van der Waals surface area contributed by atoms with E-state index in [0.29, 0.717) is 16.8 Å². The van der Waals surface area contributed by atoms with E-state index in [0.717, 1.165) is 11.3 Å². The quantitative estimate of drug-likeness (QED) is 0.412. The molecular weight excluding hydrogens is 368 g/mol. The van der Waals surface area contributed by atoms with Crippen molar-refractivity contribution in [2.45, 2.75) is 13.0 Å². The number of aliphatic hydroxyl groups excluding tert-OH is 1. The Morgan fingerprint density at radius 2 is 1.97 bits per heavy atom. The highest BCUT2D eigenvalue weighted by molar-refractivity contribution is 6.13. The van der Waals surface area contributed by atoms with Crippen molar-refractivity contribution in [3.8, 4) is 0 Å². The highest BCUT2D eigenvalue weighted by Gasteiger charge is 2.15. The van der Waals surface area contributed by atoms with Crippen LogP contribution in [0.5, 0.6) is 0 Å². The molecule has 148 valence electrons. The van der Waals surface area contributed by atoms with E-state index in [9.17, 15) is 9.90 Å². The van der Waals surface area contributed by atoms with Gasteiger partial charge >= 0.3 is 6.03 Å². The highest BCUT2D eigenvalue weighted by atomic mass is 16.3. The van der Waals surface area contributed by atoms with Crippen molar-refractivity contribution in [3.63, 3.8) is 0 Å². The molecule has 29 heavy (non-hydrogen) atoms. The van der Waals surface area contributed by atoms with E-state index >= 15 is 0 Å². The van der Waals surface area contributed by atoms with E-state index in [1.165, 1.54) is 12.3 Å². The maximum Gasteiger partial charge on any atom is 0.320 e. The third-order valence-electron chi connectivity index (χ3n) is 4.32. The fourth-order valence-corrected chi connectivity index (χ4v) is 2.84. The number of aliphatic hydroxyl groups is 1. The Balaban J connectivity index is 1.70. The number of hydrogen-bond acceptors (Lipinski definition) is 6. The standard InChI is InChI=1S/C21H22N6O2/c1-13-9-15(7-8-24-13)20(23)16-11-25-19(10-17(16)22)27-21(29)26-18(12-28)14-5-3-2-4-6-14/h2-11,18,23,28H,12H2,1H3,(H4,22,25,26,27,29). The summed E-state index contributed by atoms with van der Waals surface area (Å²) in [6.45, 7) is 1.60. The number of anilines is 2. The Hall–Kier alpha value is -3.78. The van der Waals surface area contributed by atoms with E-state index in [1.54, 1.807) is 18.3 Å². The van der Waals surface area contributed by atoms with Gasteiger partial charge in [-0.25, -0.2) is 9.78 Å². The van der Waals surface area contributed by atoms with Crippen molar-refractivity contribution in [1.29, 1.82) is 5.41 Å².